The van der Waals surface area contributed by atoms with Crippen molar-refractivity contribution in [3.05, 3.63) is 40.7 Å². The van der Waals surface area contributed by atoms with Gasteiger partial charge in [0.25, 0.3) is 0 Å². The van der Waals surface area contributed by atoms with Crippen LogP contribution in [0.2, 0.25) is 0 Å². The van der Waals surface area contributed by atoms with Crippen molar-refractivity contribution in [2.45, 2.75) is 50.6 Å². The predicted molar refractivity (Wildman–Crippen MR) is 152 cm³/mol. The Morgan fingerprint density at radius 3 is 2.59 bits per heavy atom. The number of fused-ring (bicyclic) bond motifs is 6. The third kappa shape index (κ3) is 3.69. The number of hydrogen-bond acceptors (Lipinski definition) is 10. The fraction of sp³-hybridized carbons (Fsp3) is 0.448. The maximum Gasteiger partial charge on any atom is 0.226 e. The highest BCUT2D eigenvalue weighted by Crippen LogP contribution is 2.45. The van der Waals surface area contributed by atoms with Crippen molar-refractivity contribution in [3.8, 4) is 17.3 Å². The highest BCUT2D eigenvalue weighted by atomic mass is 32.1. The van der Waals surface area contributed by atoms with Crippen molar-refractivity contribution in [2.24, 2.45) is 0 Å². The lowest BCUT2D eigenvalue weighted by atomic mass is 9.94. The second-order valence-electron chi connectivity index (χ2n) is 11.6. The molecule has 3 atom stereocenters. The molecule has 0 aliphatic carbocycles. The van der Waals surface area contributed by atoms with E-state index in [2.05, 4.69) is 32.8 Å². The Morgan fingerprint density at radius 2 is 1.80 bits per heavy atom. The van der Waals surface area contributed by atoms with Gasteiger partial charge in [-0.2, -0.15) is 5.26 Å². The molecule has 2 unspecified atom stereocenters. The number of halogens is 2. The van der Waals surface area contributed by atoms with Crippen molar-refractivity contribution < 1.29 is 13.5 Å². The maximum atomic E-state index is 16.6. The second-order valence-corrected chi connectivity index (χ2v) is 12.7. The van der Waals surface area contributed by atoms with E-state index in [1.165, 1.54) is 12.8 Å². The first-order valence-electron chi connectivity index (χ1n) is 14.0. The molecule has 12 heteroatoms. The van der Waals surface area contributed by atoms with Crippen molar-refractivity contribution in [1.29, 1.82) is 5.26 Å². The average Bonchev–Trinajstić information content (AvgIpc) is 3.75. The summed E-state index contributed by atoms with van der Waals surface area (Å²) in [4.78, 5) is 21.1. The first-order valence-corrected chi connectivity index (χ1v) is 14.8. The molecule has 3 saturated heterocycles. The standard InChI is InChI=1S/C29H28F2N8OS/c1-37-9-14-2-3-15(10-37)39(14)16-4-5-38(11-16)29-35-7-18-19-12-40-13-20(19)22(24(31)25(18)36-29)26-23-17(6-32)28(33)41-27(23)21(30)8-34-26/h7-8,14-16H,2-5,9-13,33H2,1H3/t14?,15?,16-/m1/s1. The fourth-order valence-corrected chi connectivity index (χ4v) is 8.52. The monoisotopic (exact) mass is 574 g/mol. The van der Waals surface area contributed by atoms with Gasteiger partial charge in [0, 0.05) is 66.8 Å². The van der Waals surface area contributed by atoms with Crippen molar-refractivity contribution in [2.75, 3.05) is 43.9 Å². The van der Waals surface area contributed by atoms with Gasteiger partial charge >= 0.3 is 0 Å². The number of benzene rings is 1. The molecule has 3 aromatic heterocycles. The lowest BCUT2D eigenvalue weighted by molar-refractivity contribution is 0.0514. The third-order valence-corrected chi connectivity index (χ3v) is 10.3. The zero-order chi connectivity index (χ0) is 28.0. The van der Waals surface area contributed by atoms with Gasteiger partial charge in [-0.3, -0.25) is 9.88 Å². The minimum absolute atomic E-state index is 0.100. The lowest BCUT2D eigenvalue weighted by Crippen LogP contribution is -2.56. The number of nitrogens with two attached hydrogens (primary N) is 1. The van der Waals surface area contributed by atoms with E-state index >= 15 is 4.39 Å². The van der Waals surface area contributed by atoms with E-state index in [1.807, 2.05) is 0 Å². The zero-order valence-electron chi connectivity index (χ0n) is 22.5. The number of likely N-dealkylation sites (tertiary alicyclic amines) is 1. The van der Waals surface area contributed by atoms with Crippen LogP contribution in [0, 0.1) is 23.0 Å². The van der Waals surface area contributed by atoms with Crippen LogP contribution < -0.4 is 10.6 Å². The van der Waals surface area contributed by atoms with Gasteiger partial charge in [0.15, 0.2) is 11.6 Å². The number of aromatic nitrogens is 3. The summed E-state index contributed by atoms with van der Waals surface area (Å²) >= 11 is 0.965. The summed E-state index contributed by atoms with van der Waals surface area (Å²) in [6.07, 6.45) is 6.27. The molecule has 4 aliphatic rings. The van der Waals surface area contributed by atoms with E-state index in [4.69, 9.17) is 20.4 Å². The van der Waals surface area contributed by atoms with E-state index in [9.17, 15) is 9.65 Å². The normalized spacial score (nSPS) is 24.5. The van der Waals surface area contributed by atoms with Crippen LogP contribution in [0.3, 0.4) is 0 Å². The number of hydrogen-bond donors (Lipinski definition) is 1. The topological polar surface area (TPSA) is 107 Å². The fourth-order valence-electron chi connectivity index (χ4n) is 7.60. The molecular formula is C29H28F2N8OS. The SMILES string of the molecule is CN1CC2CCC(C1)N2[C@@H]1CCN(c2ncc3c4c(c(-c5ncc(F)c6sc(N)c(C#N)c56)c(F)c3n2)COC4)C1. The van der Waals surface area contributed by atoms with E-state index in [0.717, 1.165) is 55.7 Å². The van der Waals surface area contributed by atoms with Gasteiger partial charge in [0.1, 0.15) is 16.6 Å². The number of nitriles is 1. The molecule has 4 aliphatic heterocycles. The van der Waals surface area contributed by atoms with Crippen LogP contribution in [0.15, 0.2) is 12.4 Å². The van der Waals surface area contributed by atoms with Crippen molar-refractivity contribution >= 4 is 43.3 Å². The van der Waals surface area contributed by atoms with Gasteiger partial charge in [0.05, 0.1) is 35.4 Å². The van der Waals surface area contributed by atoms with Crippen LogP contribution in [0.5, 0.6) is 0 Å². The van der Waals surface area contributed by atoms with Gasteiger partial charge in [-0.15, -0.1) is 11.3 Å². The Labute approximate surface area is 239 Å². The number of piperazine rings is 1. The van der Waals surface area contributed by atoms with E-state index in [1.54, 1.807) is 6.20 Å². The zero-order valence-corrected chi connectivity index (χ0v) is 23.3. The molecule has 41 heavy (non-hydrogen) atoms. The quantitative estimate of drug-likeness (QED) is 0.388. The molecule has 0 radical (unpaired) electrons. The highest BCUT2D eigenvalue weighted by Gasteiger charge is 2.44. The highest BCUT2D eigenvalue weighted by molar-refractivity contribution is 7.23. The van der Waals surface area contributed by atoms with Crippen LogP contribution in [0.1, 0.15) is 36.0 Å². The minimum Gasteiger partial charge on any atom is -0.389 e. The summed E-state index contributed by atoms with van der Waals surface area (Å²) < 4.78 is 37.3. The largest absolute Gasteiger partial charge is 0.389 e. The summed E-state index contributed by atoms with van der Waals surface area (Å²) in [6, 6.07) is 3.67. The van der Waals surface area contributed by atoms with Gasteiger partial charge in [-0.1, -0.05) is 0 Å². The Morgan fingerprint density at radius 1 is 1.05 bits per heavy atom. The molecule has 9 nitrogen and oxygen atoms in total. The van der Waals surface area contributed by atoms with Gasteiger partial charge < -0.3 is 20.3 Å². The molecule has 0 spiro atoms. The van der Waals surface area contributed by atoms with Crippen molar-refractivity contribution in [1.82, 2.24) is 24.8 Å². The smallest absolute Gasteiger partial charge is 0.226 e. The number of likely N-dealkylation sites (N-methyl/N-ethyl adjacent to an activating group) is 1. The number of rotatable bonds is 3. The summed E-state index contributed by atoms with van der Waals surface area (Å²) in [5, 5.41) is 10.8. The molecule has 2 N–H and O–H groups in total. The molecule has 0 saturated carbocycles. The van der Waals surface area contributed by atoms with Gasteiger partial charge in [-0.05, 0) is 37.4 Å². The summed E-state index contributed by atoms with van der Waals surface area (Å²) in [6.45, 7) is 4.28. The van der Waals surface area contributed by atoms with E-state index < -0.39 is 11.6 Å². The van der Waals surface area contributed by atoms with E-state index in [-0.39, 0.29) is 50.6 Å². The Kier molecular flexibility index (Phi) is 5.69. The molecule has 8 rings (SSSR count). The third-order valence-electron chi connectivity index (χ3n) is 9.32. The molecule has 0 amide bonds. The molecule has 4 aromatic rings. The van der Waals surface area contributed by atoms with Crippen LogP contribution >= 0.6 is 11.3 Å². The Balaban J connectivity index is 1.22. The molecule has 210 valence electrons. The number of nitrogen functional groups attached to an aromatic ring is 1. The summed E-state index contributed by atoms with van der Waals surface area (Å²) in [7, 11) is 2.21. The van der Waals surface area contributed by atoms with Crippen LogP contribution in [0.4, 0.5) is 19.7 Å². The average molecular weight is 575 g/mol. The molecule has 2 bridgehead atoms. The lowest BCUT2D eigenvalue weighted by Gasteiger charge is -2.42. The minimum atomic E-state index is -0.599. The van der Waals surface area contributed by atoms with E-state index in [0.29, 0.717) is 35.0 Å². The number of pyridine rings is 1. The summed E-state index contributed by atoms with van der Waals surface area (Å²) in [5.74, 6) is -0.673. The molecular weight excluding hydrogens is 546 g/mol. The first-order chi connectivity index (χ1) is 19.9. The summed E-state index contributed by atoms with van der Waals surface area (Å²) in [5.41, 5.74) is 8.10. The number of anilines is 2. The van der Waals surface area contributed by atoms with Crippen LogP contribution in [-0.2, 0) is 18.0 Å². The van der Waals surface area contributed by atoms with Gasteiger partial charge in [0.2, 0.25) is 5.95 Å². The second kappa shape index (κ2) is 9.25. The molecule has 1 aromatic carbocycles. The molecule has 7 heterocycles. The van der Waals surface area contributed by atoms with Crippen molar-refractivity contribution in [3.63, 3.8) is 0 Å². The maximum absolute atomic E-state index is 16.6. The first kappa shape index (κ1) is 25.2. The van der Waals surface area contributed by atoms with Gasteiger partial charge in [-0.25, -0.2) is 18.7 Å². The number of thiophene rings is 1. The van der Waals surface area contributed by atoms with Crippen LogP contribution in [0.25, 0.3) is 32.2 Å². The Hall–Kier alpha value is -3.50. The molecule has 3 fully saturated rings. The number of nitrogens with zero attached hydrogens (tertiary/aromatic N) is 7. The predicted octanol–water partition coefficient (Wildman–Crippen LogP) is 4.03. The Bertz CT molecular complexity index is 1770. The number of ether oxygens (including phenoxy) is 1. The van der Waals surface area contributed by atoms with Crippen LogP contribution in [-0.4, -0.2) is 76.1 Å².